The minimum atomic E-state index is -0.744. The number of hydrogen-bond donors (Lipinski definition) is 2. The highest BCUT2D eigenvalue weighted by molar-refractivity contribution is 7.15. The second kappa shape index (κ2) is 10.5. The van der Waals surface area contributed by atoms with Crippen molar-refractivity contribution in [2.24, 2.45) is 5.41 Å². The molecule has 1 aromatic heterocycles. The zero-order valence-corrected chi connectivity index (χ0v) is 19.7. The summed E-state index contributed by atoms with van der Waals surface area (Å²) in [5.74, 6) is -1.82. The molecule has 0 aliphatic heterocycles. The SMILES string of the molecule is CCCC(NC(=O)Cc1cc(F)cc(F)c1)C(=O)Nc1ncc(C2CCCC(C)(C)C2)s1. The first-order chi connectivity index (χ1) is 15.1. The van der Waals surface area contributed by atoms with Crippen LogP contribution in [0.1, 0.15) is 75.7 Å². The van der Waals surface area contributed by atoms with Crippen molar-refractivity contribution in [1.82, 2.24) is 10.3 Å². The number of benzene rings is 1. The highest BCUT2D eigenvalue weighted by Gasteiger charge is 2.30. The van der Waals surface area contributed by atoms with E-state index >= 15 is 0 Å². The Bertz CT molecular complexity index is 940. The van der Waals surface area contributed by atoms with Gasteiger partial charge >= 0.3 is 0 Å². The van der Waals surface area contributed by atoms with Crippen LogP contribution >= 0.6 is 11.3 Å². The maximum Gasteiger partial charge on any atom is 0.248 e. The molecule has 1 aliphatic carbocycles. The van der Waals surface area contributed by atoms with Gasteiger partial charge in [-0.25, -0.2) is 13.8 Å². The highest BCUT2D eigenvalue weighted by atomic mass is 32.1. The Hall–Kier alpha value is -2.35. The quantitative estimate of drug-likeness (QED) is 0.538. The minimum absolute atomic E-state index is 0.207. The van der Waals surface area contributed by atoms with E-state index in [1.807, 2.05) is 13.1 Å². The molecule has 0 saturated heterocycles. The van der Waals surface area contributed by atoms with E-state index in [1.54, 1.807) is 0 Å². The zero-order chi connectivity index (χ0) is 23.3. The molecule has 2 atom stereocenters. The van der Waals surface area contributed by atoms with E-state index in [9.17, 15) is 18.4 Å². The van der Waals surface area contributed by atoms with Gasteiger partial charge in [0.1, 0.15) is 17.7 Å². The van der Waals surface area contributed by atoms with Crippen molar-refractivity contribution in [2.45, 2.75) is 77.7 Å². The van der Waals surface area contributed by atoms with Crippen LogP contribution in [0.3, 0.4) is 0 Å². The Kier molecular flexibility index (Phi) is 7.98. The second-order valence-corrected chi connectivity index (χ2v) is 10.4. The molecule has 1 saturated carbocycles. The largest absolute Gasteiger partial charge is 0.344 e. The van der Waals surface area contributed by atoms with Crippen molar-refractivity contribution in [3.8, 4) is 0 Å². The summed E-state index contributed by atoms with van der Waals surface area (Å²) in [5, 5.41) is 6.04. The number of rotatable bonds is 8. The summed E-state index contributed by atoms with van der Waals surface area (Å²) in [6, 6.07) is 2.24. The van der Waals surface area contributed by atoms with Gasteiger partial charge in [0.2, 0.25) is 11.8 Å². The average Bonchev–Trinajstić information content (AvgIpc) is 3.14. The first kappa shape index (κ1) is 24.3. The number of aromatic nitrogens is 1. The molecule has 8 heteroatoms. The van der Waals surface area contributed by atoms with Gasteiger partial charge in [0.05, 0.1) is 6.42 Å². The number of carbonyl (C=O) groups is 2. The van der Waals surface area contributed by atoms with Crippen LogP contribution in [-0.2, 0) is 16.0 Å². The molecule has 2 unspecified atom stereocenters. The van der Waals surface area contributed by atoms with Crippen LogP contribution in [0.5, 0.6) is 0 Å². The lowest BCUT2D eigenvalue weighted by molar-refractivity contribution is -0.126. The van der Waals surface area contributed by atoms with E-state index in [0.29, 0.717) is 29.3 Å². The van der Waals surface area contributed by atoms with Gasteiger partial charge in [0, 0.05) is 17.1 Å². The van der Waals surface area contributed by atoms with Crippen LogP contribution in [0.2, 0.25) is 0 Å². The fourth-order valence-electron chi connectivity index (χ4n) is 4.37. The molecule has 0 radical (unpaired) electrons. The van der Waals surface area contributed by atoms with E-state index in [1.165, 1.54) is 29.1 Å². The molecule has 0 spiro atoms. The van der Waals surface area contributed by atoms with Gasteiger partial charge in [-0.15, -0.1) is 11.3 Å². The number of nitrogens with one attached hydrogen (secondary N) is 2. The zero-order valence-electron chi connectivity index (χ0n) is 18.8. The van der Waals surface area contributed by atoms with Crippen molar-refractivity contribution >= 4 is 28.3 Å². The van der Waals surface area contributed by atoms with Crippen molar-refractivity contribution in [3.63, 3.8) is 0 Å². The predicted molar refractivity (Wildman–Crippen MR) is 123 cm³/mol. The molecular weight excluding hydrogens is 432 g/mol. The molecule has 32 heavy (non-hydrogen) atoms. The molecule has 2 amide bonds. The number of anilines is 1. The van der Waals surface area contributed by atoms with E-state index < -0.39 is 23.6 Å². The first-order valence-electron chi connectivity index (χ1n) is 11.2. The highest BCUT2D eigenvalue weighted by Crippen LogP contribution is 2.45. The molecule has 2 N–H and O–H groups in total. The van der Waals surface area contributed by atoms with Crippen LogP contribution in [0.4, 0.5) is 13.9 Å². The Morgan fingerprint density at radius 2 is 1.97 bits per heavy atom. The van der Waals surface area contributed by atoms with Crippen LogP contribution in [0.15, 0.2) is 24.4 Å². The molecule has 1 aliphatic rings. The summed E-state index contributed by atoms with van der Waals surface area (Å²) < 4.78 is 26.7. The van der Waals surface area contributed by atoms with Crippen molar-refractivity contribution < 1.29 is 18.4 Å². The normalized spacial score (nSPS) is 18.7. The minimum Gasteiger partial charge on any atom is -0.344 e. The topological polar surface area (TPSA) is 71.1 Å². The third-order valence-corrected chi connectivity index (χ3v) is 6.95. The lowest BCUT2D eigenvalue weighted by atomic mass is 9.72. The molecule has 5 nitrogen and oxygen atoms in total. The van der Waals surface area contributed by atoms with Gasteiger partial charge in [-0.1, -0.05) is 33.6 Å². The van der Waals surface area contributed by atoms with Gasteiger partial charge in [0.15, 0.2) is 5.13 Å². The lowest BCUT2D eigenvalue weighted by Crippen LogP contribution is -2.44. The third-order valence-electron chi connectivity index (χ3n) is 5.88. The summed E-state index contributed by atoms with van der Waals surface area (Å²) in [6.45, 7) is 6.50. The van der Waals surface area contributed by atoms with E-state index in [4.69, 9.17) is 0 Å². The van der Waals surface area contributed by atoms with Crippen LogP contribution in [0, 0.1) is 17.0 Å². The molecule has 1 fully saturated rings. The number of amides is 2. The number of carbonyl (C=O) groups excluding carboxylic acids is 2. The summed E-state index contributed by atoms with van der Waals surface area (Å²) in [4.78, 5) is 30.8. The third kappa shape index (κ3) is 6.82. The molecule has 0 bridgehead atoms. The second-order valence-electron chi connectivity index (χ2n) is 9.38. The predicted octanol–water partition coefficient (Wildman–Crippen LogP) is 5.57. The number of halogens is 2. The van der Waals surface area contributed by atoms with Crippen LogP contribution in [0.25, 0.3) is 0 Å². The number of hydrogen-bond acceptors (Lipinski definition) is 4. The summed E-state index contributed by atoms with van der Waals surface area (Å²) in [7, 11) is 0. The number of nitrogens with zero attached hydrogens (tertiary/aromatic N) is 1. The van der Waals surface area contributed by atoms with Crippen molar-refractivity contribution in [1.29, 1.82) is 0 Å². The fraction of sp³-hybridized carbons (Fsp3) is 0.542. The first-order valence-corrected chi connectivity index (χ1v) is 12.0. The van der Waals surface area contributed by atoms with E-state index in [2.05, 4.69) is 29.5 Å². The number of thiazole rings is 1. The van der Waals surface area contributed by atoms with Crippen molar-refractivity contribution in [2.75, 3.05) is 5.32 Å². The smallest absolute Gasteiger partial charge is 0.248 e. The monoisotopic (exact) mass is 463 g/mol. The molecule has 1 heterocycles. The van der Waals surface area contributed by atoms with E-state index in [-0.39, 0.29) is 17.9 Å². The molecular formula is C24H31F2N3O2S. The van der Waals surface area contributed by atoms with Gasteiger partial charge < -0.3 is 10.6 Å². The average molecular weight is 464 g/mol. The fourth-order valence-corrected chi connectivity index (χ4v) is 5.32. The van der Waals surface area contributed by atoms with Gasteiger partial charge in [0.25, 0.3) is 0 Å². The standard InChI is InChI=1S/C24H31F2N3O2S/c1-4-6-19(28-21(30)11-15-9-17(25)12-18(26)10-15)22(31)29-23-27-14-20(32-23)16-7-5-8-24(2,3)13-16/h9-10,12,14,16,19H,4-8,11,13H2,1-3H3,(H,28,30)(H,27,29,31). The van der Waals surface area contributed by atoms with Gasteiger partial charge in [-0.2, -0.15) is 0 Å². The Morgan fingerprint density at radius 1 is 1.25 bits per heavy atom. The Balaban J connectivity index is 1.60. The van der Waals surface area contributed by atoms with E-state index in [0.717, 1.165) is 31.0 Å². The molecule has 2 aromatic rings. The molecule has 3 rings (SSSR count). The summed E-state index contributed by atoms with van der Waals surface area (Å²) >= 11 is 1.49. The maximum absolute atomic E-state index is 13.4. The van der Waals surface area contributed by atoms with Crippen LogP contribution < -0.4 is 10.6 Å². The maximum atomic E-state index is 13.4. The van der Waals surface area contributed by atoms with Gasteiger partial charge in [-0.05, 0) is 54.7 Å². The summed E-state index contributed by atoms with van der Waals surface area (Å²) in [5.41, 5.74) is 0.535. The Morgan fingerprint density at radius 3 is 2.62 bits per heavy atom. The lowest BCUT2D eigenvalue weighted by Gasteiger charge is -2.34. The van der Waals surface area contributed by atoms with Gasteiger partial charge in [-0.3, -0.25) is 9.59 Å². The Labute approximate surface area is 192 Å². The van der Waals surface area contributed by atoms with Crippen molar-refractivity contribution in [3.05, 3.63) is 46.5 Å². The van der Waals surface area contributed by atoms with Crippen LogP contribution in [-0.4, -0.2) is 22.8 Å². The molecule has 174 valence electrons. The summed E-state index contributed by atoms with van der Waals surface area (Å²) in [6.07, 6.45) is 7.44. The molecule has 1 aromatic carbocycles.